The van der Waals surface area contributed by atoms with Crippen molar-refractivity contribution in [3.63, 3.8) is 0 Å². The van der Waals surface area contributed by atoms with Gasteiger partial charge in [0.25, 0.3) is 5.91 Å². The van der Waals surface area contributed by atoms with E-state index in [0.717, 1.165) is 0 Å². The normalized spacial score (nSPS) is 17.5. The first-order chi connectivity index (χ1) is 14.0. The number of carbonyl (C=O) groups is 1. The second-order valence-electron chi connectivity index (χ2n) is 6.87. The van der Waals surface area contributed by atoms with Crippen molar-refractivity contribution < 1.29 is 23.0 Å². The number of halogens is 2. The largest absolute Gasteiger partial charge is 0.372 e. The lowest BCUT2D eigenvalue weighted by Gasteiger charge is -2.21. The lowest BCUT2D eigenvalue weighted by Crippen LogP contribution is -2.24. The summed E-state index contributed by atoms with van der Waals surface area (Å²) in [6.45, 7) is 1.75. The van der Waals surface area contributed by atoms with Crippen molar-refractivity contribution in [3.8, 4) is 0 Å². The lowest BCUT2D eigenvalue weighted by atomic mass is 10.1. The molecule has 0 radical (unpaired) electrons. The third kappa shape index (κ3) is 4.08. The van der Waals surface area contributed by atoms with Crippen molar-refractivity contribution in [2.45, 2.75) is 12.7 Å². The standard InChI is InChI=1S/C21H21F2N3O3/c1-26(8-7-19-28-9-10-29-19)18-6-5-13(11-16(18)23)24-12-14-20-15(22)3-2-4-17(20)25-21(14)27/h2-6,11-12,19,24H,7-10H2,1H3,(H,25,27). The van der Waals surface area contributed by atoms with E-state index in [1.165, 1.54) is 24.4 Å². The predicted molar refractivity (Wildman–Crippen MR) is 107 cm³/mol. The zero-order valence-corrected chi connectivity index (χ0v) is 15.9. The molecule has 1 saturated heterocycles. The van der Waals surface area contributed by atoms with Gasteiger partial charge in [0.1, 0.15) is 11.6 Å². The van der Waals surface area contributed by atoms with Gasteiger partial charge in [-0.2, -0.15) is 0 Å². The Morgan fingerprint density at radius 3 is 2.76 bits per heavy atom. The number of benzene rings is 2. The van der Waals surface area contributed by atoms with E-state index in [9.17, 15) is 13.6 Å². The molecule has 2 aliphatic rings. The van der Waals surface area contributed by atoms with Crippen LogP contribution in [0.1, 0.15) is 12.0 Å². The van der Waals surface area contributed by atoms with Gasteiger partial charge in [-0.3, -0.25) is 4.79 Å². The minimum Gasteiger partial charge on any atom is -0.372 e. The highest BCUT2D eigenvalue weighted by atomic mass is 19.1. The van der Waals surface area contributed by atoms with Crippen LogP contribution in [0, 0.1) is 11.6 Å². The Kier molecular flexibility index (Phi) is 5.46. The van der Waals surface area contributed by atoms with Crippen molar-refractivity contribution in [2.75, 3.05) is 42.3 Å². The van der Waals surface area contributed by atoms with E-state index in [1.807, 2.05) is 0 Å². The van der Waals surface area contributed by atoms with E-state index >= 15 is 0 Å². The molecule has 152 valence electrons. The molecule has 1 amide bonds. The van der Waals surface area contributed by atoms with E-state index < -0.39 is 17.5 Å². The van der Waals surface area contributed by atoms with Crippen LogP contribution in [-0.4, -0.2) is 39.0 Å². The lowest BCUT2D eigenvalue weighted by molar-refractivity contribution is -0.110. The highest BCUT2D eigenvalue weighted by Crippen LogP contribution is 2.33. The summed E-state index contributed by atoms with van der Waals surface area (Å²) in [5, 5.41) is 5.49. The van der Waals surface area contributed by atoms with Gasteiger partial charge in [-0.25, -0.2) is 8.78 Å². The fourth-order valence-electron chi connectivity index (χ4n) is 3.40. The van der Waals surface area contributed by atoms with Crippen LogP contribution in [-0.2, 0) is 14.3 Å². The fourth-order valence-corrected chi connectivity index (χ4v) is 3.40. The van der Waals surface area contributed by atoms with Crippen LogP contribution in [0.5, 0.6) is 0 Å². The molecule has 0 aliphatic carbocycles. The van der Waals surface area contributed by atoms with Crippen LogP contribution in [0.25, 0.3) is 5.57 Å². The monoisotopic (exact) mass is 401 g/mol. The summed E-state index contributed by atoms with van der Waals surface area (Å²) < 4.78 is 39.4. The fraction of sp³-hybridized carbons (Fsp3) is 0.286. The Morgan fingerprint density at radius 2 is 2.00 bits per heavy atom. The summed E-state index contributed by atoms with van der Waals surface area (Å²) in [7, 11) is 1.80. The molecule has 2 N–H and O–H groups in total. The van der Waals surface area contributed by atoms with Crippen molar-refractivity contribution in [2.24, 2.45) is 0 Å². The Bertz CT molecular complexity index is 958. The van der Waals surface area contributed by atoms with Crippen LogP contribution in [0.3, 0.4) is 0 Å². The quantitative estimate of drug-likeness (QED) is 0.725. The van der Waals surface area contributed by atoms with E-state index in [4.69, 9.17) is 9.47 Å². The molecule has 4 rings (SSSR count). The third-order valence-electron chi connectivity index (χ3n) is 4.91. The summed E-state index contributed by atoms with van der Waals surface area (Å²) in [6.07, 6.45) is 1.79. The van der Waals surface area contributed by atoms with Crippen molar-refractivity contribution in [1.82, 2.24) is 0 Å². The Morgan fingerprint density at radius 1 is 1.21 bits per heavy atom. The Hall–Kier alpha value is -2.97. The van der Waals surface area contributed by atoms with Gasteiger partial charge in [0.05, 0.1) is 30.2 Å². The van der Waals surface area contributed by atoms with Gasteiger partial charge in [-0.05, 0) is 30.3 Å². The molecule has 2 aromatic carbocycles. The molecule has 1 fully saturated rings. The Balaban J connectivity index is 1.45. The maximum atomic E-state index is 14.6. The SMILES string of the molecule is CN(CCC1OCCO1)c1ccc(NC=C2C(=O)Nc3cccc(F)c32)cc1F. The van der Waals surface area contributed by atoms with Gasteiger partial charge in [-0.1, -0.05) is 6.07 Å². The molecule has 2 aliphatic heterocycles. The molecule has 0 bridgehead atoms. The molecule has 0 spiro atoms. The van der Waals surface area contributed by atoms with Crippen molar-refractivity contribution >= 4 is 28.5 Å². The molecular formula is C21H21F2N3O3. The molecule has 8 heteroatoms. The summed E-state index contributed by atoms with van der Waals surface area (Å²) in [5.41, 5.74) is 1.68. The van der Waals surface area contributed by atoms with Gasteiger partial charge < -0.3 is 25.0 Å². The van der Waals surface area contributed by atoms with Gasteiger partial charge in [-0.15, -0.1) is 0 Å². The molecular weight excluding hydrogens is 380 g/mol. The number of nitrogens with zero attached hydrogens (tertiary/aromatic N) is 1. The number of carbonyl (C=O) groups excluding carboxylic acids is 1. The molecule has 6 nitrogen and oxygen atoms in total. The smallest absolute Gasteiger partial charge is 0.257 e. The second kappa shape index (κ2) is 8.18. The number of nitrogens with one attached hydrogen (secondary N) is 2. The van der Waals surface area contributed by atoms with Gasteiger partial charge in [0.2, 0.25) is 0 Å². The van der Waals surface area contributed by atoms with E-state index in [2.05, 4.69) is 10.6 Å². The number of hydrogen-bond acceptors (Lipinski definition) is 5. The molecule has 0 saturated carbocycles. The number of anilines is 3. The summed E-state index contributed by atoms with van der Waals surface area (Å²) in [5.74, 6) is -1.32. The van der Waals surface area contributed by atoms with E-state index in [1.54, 1.807) is 30.1 Å². The molecule has 2 heterocycles. The van der Waals surface area contributed by atoms with Crippen LogP contribution in [0.15, 0.2) is 42.6 Å². The van der Waals surface area contributed by atoms with E-state index in [0.29, 0.717) is 43.2 Å². The minimum absolute atomic E-state index is 0.163. The topological polar surface area (TPSA) is 62.8 Å². The maximum absolute atomic E-state index is 14.6. The van der Waals surface area contributed by atoms with Crippen LogP contribution in [0.4, 0.5) is 25.8 Å². The summed E-state index contributed by atoms with van der Waals surface area (Å²) >= 11 is 0. The zero-order chi connectivity index (χ0) is 20.4. The van der Waals surface area contributed by atoms with Gasteiger partial charge in [0.15, 0.2) is 6.29 Å². The van der Waals surface area contributed by atoms with Crippen molar-refractivity contribution in [1.29, 1.82) is 0 Å². The molecule has 2 aromatic rings. The van der Waals surface area contributed by atoms with Crippen LogP contribution in [0.2, 0.25) is 0 Å². The van der Waals surface area contributed by atoms with Crippen LogP contribution < -0.4 is 15.5 Å². The molecule has 29 heavy (non-hydrogen) atoms. The predicted octanol–water partition coefficient (Wildman–Crippen LogP) is 3.57. The number of amides is 1. The highest BCUT2D eigenvalue weighted by molar-refractivity contribution is 6.31. The second-order valence-corrected chi connectivity index (χ2v) is 6.87. The third-order valence-corrected chi connectivity index (χ3v) is 4.91. The average Bonchev–Trinajstić information content (AvgIpc) is 3.32. The minimum atomic E-state index is -0.493. The Labute approximate surface area is 167 Å². The number of rotatable bonds is 6. The summed E-state index contributed by atoms with van der Waals surface area (Å²) in [4.78, 5) is 13.9. The first-order valence-corrected chi connectivity index (χ1v) is 9.34. The molecule has 0 atom stereocenters. The highest BCUT2D eigenvalue weighted by Gasteiger charge is 2.27. The first kappa shape index (κ1) is 19.4. The maximum Gasteiger partial charge on any atom is 0.257 e. The summed E-state index contributed by atoms with van der Waals surface area (Å²) in [6, 6.07) is 9.13. The van der Waals surface area contributed by atoms with Crippen LogP contribution >= 0.6 is 0 Å². The van der Waals surface area contributed by atoms with Gasteiger partial charge in [0, 0.05) is 37.5 Å². The number of fused-ring (bicyclic) bond motifs is 1. The average molecular weight is 401 g/mol. The zero-order valence-electron chi connectivity index (χ0n) is 15.9. The molecule has 0 unspecified atom stereocenters. The van der Waals surface area contributed by atoms with Crippen molar-refractivity contribution in [3.05, 3.63) is 59.8 Å². The number of ether oxygens (including phenoxy) is 2. The molecule has 0 aromatic heterocycles. The van der Waals surface area contributed by atoms with Gasteiger partial charge >= 0.3 is 0 Å². The first-order valence-electron chi connectivity index (χ1n) is 9.34. The number of hydrogen-bond donors (Lipinski definition) is 2. The van der Waals surface area contributed by atoms with E-state index in [-0.39, 0.29) is 17.4 Å².